The molecular formula is C9H18O4. The van der Waals surface area contributed by atoms with Crippen LogP contribution in [-0.4, -0.2) is 11.6 Å². The average molecular weight is 190 g/mol. The third-order valence-corrected chi connectivity index (χ3v) is 1.15. The normalized spacial score (nSPS) is 11.4. The molecule has 0 rings (SSSR count). The number of hydrogen-bond acceptors (Lipinski definition) is 4. The van der Waals surface area contributed by atoms with Crippen molar-refractivity contribution in [3.05, 3.63) is 0 Å². The molecule has 0 aliphatic heterocycles. The van der Waals surface area contributed by atoms with Gasteiger partial charge in [-0.25, -0.2) is 4.79 Å². The summed E-state index contributed by atoms with van der Waals surface area (Å²) in [7, 11) is 0. The largest absolute Gasteiger partial charge is 0.345 e. The summed E-state index contributed by atoms with van der Waals surface area (Å²) in [6.07, 6.45) is 2.12. The van der Waals surface area contributed by atoms with E-state index in [9.17, 15) is 4.79 Å². The van der Waals surface area contributed by atoms with E-state index in [2.05, 4.69) is 9.93 Å². The van der Waals surface area contributed by atoms with Gasteiger partial charge in [-0.15, -0.1) is 0 Å². The maximum Gasteiger partial charge on any atom is 0.345 e. The summed E-state index contributed by atoms with van der Waals surface area (Å²) in [5.41, 5.74) is -0.467. The fourth-order valence-electron chi connectivity index (χ4n) is 0.520. The van der Waals surface area contributed by atoms with Crippen LogP contribution in [0.5, 0.6) is 0 Å². The van der Waals surface area contributed by atoms with Crippen molar-refractivity contribution in [2.24, 2.45) is 0 Å². The molecule has 0 amide bonds. The summed E-state index contributed by atoms with van der Waals surface area (Å²) >= 11 is 0. The Bertz CT molecular complexity index is 148. The third kappa shape index (κ3) is 9.30. The van der Waals surface area contributed by atoms with Gasteiger partial charge in [0.25, 0.3) is 0 Å². The Morgan fingerprint density at radius 2 is 1.92 bits per heavy atom. The van der Waals surface area contributed by atoms with E-state index in [1.807, 2.05) is 6.92 Å². The Morgan fingerprint density at radius 1 is 1.31 bits per heavy atom. The first-order chi connectivity index (χ1) is 5.95. The van der Waals surface area contributed by atoms with Gasteiger partial charge in [0.15, 0.2) is 0 Å². The Labute approximate surface area is 79.0 Å². The molecule has 4 nitrogen and oxygen atoms in total. The number of hydrogen-bond donors (Lipinski definition) is 0. The van der Waals surface area contributed by atoms with Crippen LogP contribution < -0.4 is 0 Å². The molecule has 0 aromatic carbocycles. The molecule has 0 aromatic heterocycles. The molecule has 0 fully saturated rings. The lowest BCUT2D eigenvalue weighted by molar-refractivity contribution is -0.514. The van der Waals surface area contributed by atoms with Gasteiger partial charge in [-0.3, -0.25) is 4.89 Å². The molecule has 0 heterocycles. The average Bonchev–Trinajstić information content (AvgIpc) is 1.98. The highest BCUT2D eigenvalue weighted by Crippen LogP contribution is 2.07. The monoisotopic (exact) mass is 190 g/mol. The molecule has 0 aliphatic carbocycles. The first-order valence-electron chi connectivity index (χ1n) is 4.51. The van der Waals surface area contributed by atoms with Crippen LogP contribution in [-0.2, 0) is 19.6 Å². The Kier molecular flexibility index (Phi) is 5.66. The zero-order chi connectivity index (χ0) is 10.3. The Balaban J connectivity index is 3.37. The molecule has 0 bridgehead atoms. The zero-order valence-corrected chi connectivity index (χ0v) is 8.75. The SMILES string of the molecule is CCCCC(=O)OOOC(C)(C)C. The molecule has 0 saturated carbocycles. The van der Waals surface area contributed by atoms with Crippen molar-refractivity contribution in [2.75, 3.05) is 0 Å². The number of rotatable bonds is 5. The van der Waals surface area contributed by atoms with E-state index in [1.54, 1.807) is 20.8 Å². The molecule has 0 aromatic rings. The van der Waals surface area contributed by atoms with Gasteiger partial charge < -0.3 is 0 Å². The maximum absolute atomic E-state index is 10.9. The van der Waals surface area contributed by atoms with Gasteiger partial charge in [0.05, 0.1) is 5.60 Å². The number of unbranched alkanes of at least 4 members (excludes halogenated alkanes) is 1. The van der Waals surface area contributed by atoms with E-state index in [-0.39, 0.29) is 0 Å². The summed E-state index contributed by atoms with van der Waals surface area (Å²) in [6, 6.07) is 0. The van der Waals surface area contributed by atoms with Crippen molar-refractivity contribution in [1.82, 2.24) is 0 Å². The highest BCUT2D eigenvalue weighted by atomic mass is 17.5. The van der Waals surface area contributed by atoms with Crippen molar-refractivity contribution in [3.63, 3.8) is 0 Å². The van der Waals surface area contributed by atoms with Crippen LogP contribution in [0.15, 0.2) is 0 Å². The zero-order valence-electron chi connectivity index (χ0n) is 8.75. The Hall–Kier alpha value is -0.610. The van der Waals surface area contributed by atoms with Crippen LogP contribution in [0.2, 0.25) is 0 Å². The van der Waals surface area contributed by atoms with E-state index in [1.165, 1.54) is 0 Å². The van der Waals surface area contributed by atoms with Gasteiger partial charge in [0.1, 0.15) is 0 Å². The van der Waals surface area contributed by atoms with Gasteiger partial charge in [0, 0.05) is 6.42 Å². The molecule has 13 heavy (non-hydrogen) atoms. The molecule has 0 aliphatic rings. The molecule has 0 radical (unpaired) electrons. The molecule has 0 atom stereocenters. The molecule has 0 N–H and O–H groups in total. The van der Waals surface area contributed by atoms with Gasteiger partial charge in [-0.2, -0.15) is 4.89 Å². The quantitative estimate of drug-likeness (QED) is 0.493. The first-order valence-corrected chi connectivity index (χ1v) is 4.51. The molecule has 0 spiro atoms. The van der Waals surface area contributed by atoms with Crippen molar-refractivity contribution in [1.29, 1.82) is 0 Å². The highest BCUT2D eigenvalue weighted by molar-refractivity contribution is 5.68. The minimum Gasteiger partial charge on any atom is -0.269 e. The van der Waals surface area contributed by atoms with Crippen LogP contribution in [0.4, 0.5) is 0 Å². The minimum atomic E-state index is -0.467. The van der Waals surface area contributed by atoms with Gasteiger partial charge >= 0.3 is 5.97 Å². The highest BCUT2D eigenvalue weighted by Gasteiger charge is 2.13. The van der Waals surface area contributed by atoms with Crippen LogP contribution in [0.25, 0.3) is 0 Å². The van der Waals surface area contributed by atoms with Crippen LogP contribution >= 0.6 is 0 Å². The smallest absolute Gasteiger partial charge is 0.269 e. The predicted molar refractivity (Wildman–Crippen MR) is 47.5 cm³/mol. The second kappa shape index (κ2) is 5.94. The number of carbonyl (C=O) groups excluding carboxylic acids is 1. The summed E-state index contributed by atoms with van der Waals surface area (Å²) in [5, 5.41) is 4.31. The topological polar surface area (TPSA) is 44.8 Å². The third-order valence-electron chi connectivity index (χ3n) is 1.15. The van der Waals surface area contributed by atoms with Crippen LogP contribution in [0.3, 0.4) is 0 Å². The standard InChI is InChI=1S/C9H18O4/c1-5-6-7-8(10)11-13-12-9(2,3)4/h5-7H2,1-4H3. The fraction of sp³-hybridized carbons (Fsp3) is 0.889. The van der Waals surface area contributed by atoms with E-state index in [0.717, 1.165) is 12.8 Å². The van der Waals surface area contributed by atoms with E-state index >= 15 is 0 Å². The first kappa shape index (κ1) is 12.4. The molecule has 4 heteroatoms. The molecule has 0 saturated heterocycles. The van der Waals surface area contributed by atoms with Crippen LogP contribution in [0.1, 0.15) is 47.0 Å². The van der Waals surface area contributed by atoms with Gasteiger partial charge in [0.2, 0.25) is 0 Å². The van der Waals surface area contributed by atoms with Crippen molar-refractivity contribution in [2.45, 2.75) is 52.6 Å². The summed E-state index contributed by atoms with van der Waals surface area (Å²) in [5.74, 6) is -0.397. The van der Waals surface area contributed by atoms with E-state index < -0.39 is 11.6 Å². The second-order valence-corrected chi connectivity index (χ2v) is 3.82. The maximum atomic E-state index is 10.9. The van der Waals surface area contributed by atoms with Crippen molar-refractivity contribution >= 4 is 5.97 Å². The molecule has 0 unspecified atom stereocenters. The predicted octanol–water partition coefficient (Wildman–Crippen LogP) is 2.38. The molecule has 78 valence electrons. The second-order valence-electron chi connectivity index (χ2n) is 3.82. The molecular weight excluding hydrogens is 172 g/mol. The lowest BCUT2D eigenvalue weighted by Gasteiger charge is -2.15. The summed E-state index contributed by atoms with van der Waals surface area (Å²) in [6.45, 7) is 7.40. The van der Waals surface area contributed by atoms with Crippen molar-refractivity contribution < 1.29 is 19.6 Å². The van der Waals surface area contributed by atoms with Crippen LogP contribution in [0, 0.1) is 0 Å². The van der Waals surface area contributed by atoms with Gasteiger partial charge in [-0.1, -0.05) is 13.3 Å². The fourth-order valence-corrected chi connectivity index (χ4v) is 0.520. The summed E-state index contributed by atoms with van der Waals surface area (Å²) in [4.78, 5) is 20.0. The minimum absolute atomic E-state index is 0.365. The lowest BCUT2D eigenvalue weighted by Crippen LogP contribution is -2.20. The lowest BCUT2D eigenvalue weighted by atomic mass is 10.2. The van der Waals surface area contributed by atoms with E-state index in [4.69, 9.17) is 4.89 Å². The summed E-state index contributed by atoms with van der Waals surface area (Å²) < 4.78 is 0. The van der Waals surface area contributed by atoms with Gasteiger partial charge in [-0.05, 0) is 32.2 Å². The Morgan fingerprint density at radius 3 is 2.38 bits per heavy atom. The number of carbonyl (C=O) groups is 1. The van der Waals surface area contributed by atoms with Crippen molar-refractivity contribution in [3.8, 4) is 0 Å². The van der Waals surface area contributed by atoms with E-state index in [0.29, 0.717) is 6.42 Å².